The second kappa shape index (κ2) is 3.63. The maximum absolute atomic E-state index is 13.6. The summed E-state index contributed by atoms with van der Waals surface area (Å²) in [4.78, 5) is 0. The van der Waals surface area contributed by atoms with Crippen molar-refractivity contribution in [2.24, 2.45) is 5.73 Å². The van der Waals surface area contributed by atoms with Gasteiger partial charge in [0.05, 0.1) is 7.11 Å². The fraction of sp³-hybridized carbons (Fsp3) is 0.500. The molecule has 16 heavy (non-hydrogen) atoms. The average Bonchev–Trinajstić information content (AvgIpc) is 2.93. The Hall–Kier alpha value is -1.29. The van der Waals surface area contributed by atoms with Crippen molar-refractivity contribution in [3.63, 3.8) is 0 Å². The van der Waals surface area contributed by atoms with Gasteiger partial charge in [-0.2, -0.15) is 0 Å². The van der Waals surface area contributed by atoms with Gasteiger partial charge < -0.3 is 15.6 Å². The number of aromatic hydroxyl groups is 1. The number of halogens is 1. The summed E-state index contributed by atoms with van der Waals surface area (Å²) >= 11 is 0. The average molecular weight is 225 g/mol. The largest absolute Gasteiger partial charge is 0.504 e. The van der Waals surface area contributed by atoms with Gasteiger partial charge in [-0.1, -0.05) is 0 Å². The Morgan fingerprint density at radius 2 is 2.19 bits per heavy atom. The number of benzene rings is 1. The number of nitrogens with two attached hydrogens (primary N) is 1. The summed E-state index contributed by atoms with van der Waals surface area (Å²) in [5, 5.41) is 9.77. The number of rotatable bonds is 3. The Morgan fingerprint density at radius 1 is 1.56 bits per heavy atom. The summed E-state index contributed by atoms with van der Waals surface area (Å²) in [7, 11) is 1.34. The molecule has 2 rings (SSSR count). The standard InChI is InChI=1S/C12H16FNO2/c1-7-8(6-12(14)3-4-12)5-9(13)11(16-2)10(7)15/h5,15H,3-4,6,14H2,1-2H3. The molecule has 4 heteroatoms. The van der Waals surface area contributed by atoms with E-state index >= 15 is 0 Å². The molecule has 0 unspecified atom stereocenters. The van der Waals surface area contributed by atoms with E-state index in [1.807, 2.05) is 0 Å². The molecule has 0 aliphatic heterocycles. The number of phenols is 1. The first kappa shape index (κ1) is 11.2. The molecule has 1 aromatic carbocycles. The minimum absolute atomic E-state index is 0.0943. The highest BCUT2D eigenvalue weighted by molar-refractivity contribution is 5.50. The van der Waals surface area contributed by atoms with Gasteiger partial charge in [0.15, 0.2) is 17.3 Å². The van der Waals surface area contributed by atoms with Crippen LogP contribution < -0.4 is 10.5 Å². The van der Waals surface area contributed by atoms with Gasteiger partial charge in [0.25, 0.3) is 0 Å². The quantitative estimate of drug-likeness (QED) is 0.825. The van der Waals surface area contributed by atoms with Crippen molar-refractivity contribution in [1.82, 2.24) is 0 Å². The maximum atomic E-state index is 13.6. The fourth-order valence-corrected chi connectivity index (χ4v) is 1.86. The zero-order valence-corrected chi connectivity index (χ0v) is 9.51. The van der Waals surface area contributed by atoms with Crippen LogP contribution in [0.25, 0.3) is 0 Å². The molecule has 1 saturated carbocycles. The van der Waals surface area contributed by atoms with Crippen LogP contribution in [-0.2, 0) is 6.42 Å². The summed E-state index contributed by atoms with van der Waals surface area (Å²) in [5.41, 5.74) is 7.19. The van der Waals surface area contributed by atoms with Crippen molar-refractivity contribution >= 4 is 0 Å². The molecule has 3 N–H and O–H groups in total. The Balaban J connectivity index is 2.39. The van der Waals surface area contributed by atoms with Crippen molar-refractivity contribution in [3.8, 4) is 11.5 Å². The van der Waals surface area contributed by atoms with E-state index in [9.17, 15) is 9.50 Å². The molecule has 0 radical (unpaired) electrons. The number of hydrogen-bond donors (Lipinski definition) is 2. The summed E-state index contributed by atoms with van der Waals surface area (Å²) in [6.45, 7) is 1.75. The van der Waals surface area contributed by atoms with Crippen molar-refractivity contribution in [2.75, 3.05) is 7.11 Å². The van der Waals surface area contributed by atoms with Crippen molar-refractivity contribution in [3.05, 3.63) is 23.0 Å². The van der Waals surface area contributed by atoms with E-state index in [4.69, 9.17) is 10.5 Å². The minimum Gasteiger partial charge on any atom is -0.504 e. The lowest BCUT2D eigenvalue weighted by Gasteiger charge is -2.15. The second-order valence-corrected chi connectivity index (χ2v) is 4.56. The summed E-state index contributed by atoms with van der Waals surface area (Å²) < 4.78 is 18.4. The summed E-state index contributed by atoms with van der Waals surface area (Å²) in [5.74, 6) is -0.755. The van der Waals surface area contributed by atoms with Crippen LogP contribution in [0.1, 0.15) is 24.0 Å². The number of hydrogen-bond acceptors (Lipinski definition) is 3. The fourth-order valence-electron chi connectivity index (χ4n) is 1.86. The van der Waals surface area contributed by atoms with Crippen LogP contribution in [0.4, 0.5) is 4.39 Å². The molecule has 0 amide bonds. The minimum atomic E-state index is -0.537. The van der Waals surface area contributed by atoms with E-state index in [2.05, 4.69) is 0 Å². The van der Waals surface area contributed by atoms with Crippen molar-refractivity contribution < 1.29 is 14.2 Å². The first-order valence-corrected chi connectivity index (χ1v) is 5.31. The zero-order valence-electron chi connectivity index (χ0n) is 9.51. The van der Waals surface area contributed by atoms with E-state index in [0.717, 1.165) is 18.4 Å². The Kier molecular flexibility index (Phi) is 2.54. The van der Waals surface area contributed by atoms with Crippen molar-refractivity contribution in [2.45, 2.75) is 31.7 Å². The predicted octanol–water partition coefficient (Wildman–Crippen LogP) is 1.88. The first-order chi connectivity index (χ1) is 7.47. The highest BCUT2D eigenvalue weighted by atomic mass is 19.1. The third kappa shape index (κ3) is 1.85. The van der Waals surface area contributed by atoms with Crippen LogP contribution in [0.2, 0.25) is 0 Å². The molecule has 0 bridgehead atoms. The molecule has 3 nitrogen and oxygen atoms in total. The molecular formula is C12H16FNO2. The van der Waals surface area contributed by atoms with Gasteiger partial charge in [0.1, 0.15) is 0 Å². The van der Waals surface area contributed by atoms with E-state index in [-0.39, 0.29) is 17.0 Å². The van der Waals surface area contributed by atoms with Crippen LogP contribution in [-0.4, -0.2) is 17.8 Å². The first-order valence-electron chi connectivity index (χ1n) is 5.31. The van der Waals surface area contributed by atoms with Gasteiger partial charge in [0, 0.05) is 5.54 Å². The molecule has 0 spiro atoms. The van der Waals surface area contributed by atoms with Gasteiger partial charge in [0.2, 0.25) is 0 Å². The molecule has 1 fully saturated rings. The molecule has 0 aromatic heterocycles. The van der Waals surface area contributed by atoms with Crippen LogP contribution >= 0.6 is 0 Å². The van der Waals surface area contributed by atoms with Crippen LogP contribution in [0, 0.1) is 12.7 Å². The molecule has 1 aliphatic carbocycles. The number of methoxy groups -OCH3 is 1. The summed E-state index contributed by atoms with van der Waals surface area (Å²) in [6, 6.07) is 1.40. The predicted molar refractivity (Wildman–Crippen MR) is 59.2 cm³/mol. The molecule has 1 aromatic rings. The maximum Gasteiger partial charge on any atom is 0.196 e. The van der Waals surface area contributed by atoms with Crippen LogP contribution in [0.3, 0.4) is 0 Å². The Morgan fingerprint density at radius 3 is 2.69 bits per heavy atom. The van der Waals surface area contributed by atoms with Crippen LogP contribution in [0.5, 0.6) is 11.5 Å². The normalized spacial score (nSPS) is 17.2. The van der Waals surface area contributed by atoms with Gasteiger partial charge in [-0.25, -0.2) is 4.39 Å². The van der Waals surface area contributed by atoms with E-state index < -0.39 is 5.82 Å². The van der Waals surface area contributed by atoms with Crippen molar-refractivity contribution in [1.29, 1.82) is 0 Å². The molecule has 0 saturated heterocycles. The third-order valence-corrected chi connectivity index (χ3v) is 3.21. The monoisotopic (exact) mass is 225 g/mol. The van der Waals surface area contributed by atoms with Gasteiger partial charge >= 0.3 is 0 Å². The van der Waals surface area contributed by atoms with Gasteiger partial charge in [-0.05, 0) is 43.4 Å². The van der Waals surface area contributed by atoms with E-state index in [1.54, 1.807) is 6.92 Å². The molecule has 0 heterocycles. The number of ether oxygens (including phenoxy) is 1. The molecule has 1 aliphatic rings. The van der Waals surface area contributed by atoms with E-state index in [0.29, 0.717) is 12.0 Å². The lowest BCUT2D eigenvalue weighted by atomic mass is 9.98. The highest BCUT2D eigenvalue weighted by Gasteiger charge is 2.38. The molecule has 0 atom stereocenters. The van der Waals surface area contributed by atoms with Crippen LogP contribution in [0.15, 0.2) is 6.07 Å². The van der Waals surface area contributed by atoms with Gasteiger partial charge in [-0.15, -0.1) is 0 Å². The Labute approximate surface area is 94.0 Å². The third-order valence-electron chi connectivity index (χ3n) is 3.21. The molecular weight excluding hydrogens is 209 g/mol. The zero-order chi connectivity index (χ0) is 11.9. The van der Waals surface area contributed by atoms with E-state index in [1.165, 1.54) is 13.2 Å². The summed E-state index contributed by atoms with van der Waals surface area (Å²) in [6.07, 6.45) is 2.52. The SMILES string of the molecule is COc1c(F)cc(CC2(N)CC2)c(C)c1O. The topological polar surface area (TPSA) is 55.5 Å². The Bertz CT molecular complexity index is 428. The number of phenolic OH excluding ortho intramolecular Hbond substituents is 1. The lowest BCUT2D eigenvalue weighted by molar-refractivity contribution is 0.348. The smallest absolute Gasteiger partial charge is 0.196 e. The lowest BCUT2D eigenvalue weighted by Crippen LogP contribution is -2.25. The highest BCUT2D eigenvalue weighted by Crippen LogP contribution is 2.40. The second-order valence-electron chi connectivity index (χ2n) is 4.56. The van der Waals surface area contributed by atoms with Gasteiger partial charge in [-0.3, -0.25) is 0 Å². The molecule has 88 valence electrons.